The van der Waals surface area contributed by atoms with E-state index in [1.807, 2.05) is 44.2 Å². The van der Waals surface area contributed by atoms with Gasteiger partial charge >= 0.3 is 6.09 Å². The molecule has 0 saturated heterocycles. The average Bonchev–Trinajstić information content (AvgIpc) is 2.78. The van der Waals surface area contributed by atoms with Crippen molar-refractivity contribution in [3.63, 3.8) is 0 Å². The third-order valence-corrected chi connectivity index (χ3v) is 5.36. The molecular weight excluding hydrogens is 462 g/mol. The van der Waals surface area contributed by atoms with Crippen LogP contribution in [-0.2, 0) is 30.5 Å². The number of carbonyl (C=O) groups excluding carboxylic acids is 4. The Bertz CT molecular complexity index is 866. The molecule has 0 bridgehead atoms. The summed E-state index contributed by atoms with van der Waals surface area (Å²) in [5.41, 5.74) is 6.16. The monoisotopic (exact) mass is 504 g/mol. The minimum Gasteiger partial charge on any atom is -0.443 e. The Labute approximate surface area is 215 Å². The lowest BCUT2D eigenvalue weighted by Crippen LogP contribution is -2.60. The first-order valence-electron chi connectivity index (χ1n) is 12.3. The van der Waals surface area contributed by atoms with Crippen LogP contribution in [0.2, 0.25) is 0 Å². The van der Waals surface area contributed by atoms with Gasteiger partial charge in [0.2, 0.25) is 12.2 Å². The lowest BCUT2D eigenvalue weighted by molar-refractivity contribution is -0.139. The van der Waals surface area contributed by atoms with Crippen LogP contribution in [-0.4, -0.2) is 58.9 Å². The minimum absolute atomic E-state index is 0.00249. The van der Waals surface area contributed by atoms with Crippen LogP contribution in [0.3, 0.4) is 0 Å². The number of benzene rings is 1. The van der Waals surface area contributed by atoms with Crippen molar-refractivity contribution in [2.24, 2.45) is 17.6 Å². The van der Waals surface area contributed by atoms with E-state index in [4.69, 9.17) is 15.2 Å². The van der Waals surface area contributed by atoms with Gasteiger partial charge in [0.15, 0.2) is 0 Å². The zero-order valence-electron chi connectivity index (χ0n) is 22.7. The van der Waals surface area contributed by atoms with Crippen LogP contribution in [0, 0.1) is 11.8 Å². The maximum absolute atomic E-state index is 13.6. The number of rotatable bonds is 12. The van der Waals surface area contributed by atoms with E-state index in [0.717, 1.165) is 10.5 Å². The molecule has 3 amide bonds. The number of carbonyl (C=O) groups is 3. The van der Waals surface area contributed by atoms with Crippen molar-refractivity contribution in [1.82, 2.24) is 10.2 Å². The second-order valence-electron chi connectivity index (χ2n) is 10.7. The van der Waals surface area contributed by atoms with Crippen LogP contribution < -0.4 is 11.1 Å². The number of nitrogens with zero attached hydrogens (tertiary/aromatic N) is 1. The van der Waals surface area contributed by atoms with Crippen molar-refractivity contribution >= 4 is 24.2 Å². The number of hydrogen-bond acceptors (Lipinski definition) is 7. The van der Waals surface area contributed by atoms with Crippen molar-refractivity contribution in [2.45, 2.75) is 98.2 Å². The highest BCUT2D eigenvalue weighted by Gasteiger charge is 2.40. The zero-order chi connectivity index (χ0) is 27.6. The molecule has 1 aromatic rings. The summed E-state index contributed by atoms with van der Waals surface area (Å²) in [7, 11) is 0. The van der Waals surface area contributed by atoms with Gasteiger partial charge in [-0.05, 0) is 51.5 Å². The summed E-state index contributed by atoms with van der Waals surface area (Å²) in [5.74, 6) is -1.78. The third-order valence-electron chi connectivity index (χ3n) is 5.36. The number of ether oxygens (including phenoxy) is 2. The second kappa shape index (κ2) is 14.1. The molecular formula is C27H42N3O6. The van der Waals surface area contributed by atoms with Gasteiger partial charge in [-0.25, -0.2) is 9.69 Å². The molecule has 0 unspecified atom stereocenters. The van der Waals surface area contributed by atoms with E-state index in [9.17, 15) is 19.2 Å². The van der Waals surface area contributed by atoms with Crippen LogP contribution in [0.5, 0.6) is 0 Å². The van der Waals surface area contributed by atoms with Crippen LogP contribution in [0.15, 0.2) is 30.3 Å². The molecule has 0 aliphatic carbocycles. The van der Waals surface area contributed by atoms with E-state index in [-0.39, 0.29) is 18.9 Å². The fraction of sp³-hybridized carbons (Fsp3) is 0.630. The van der Waals surface area contributed by atoms with Crippen LogP contribution in [0.4, 0.5) is 4.79 Å². The minimum atomic E-state index is -1.16. The van der Waals surface area contributed by atoms with E-state index in [1.165, 1.54) is 0 Å². The highest BCUT2D eigenvalue weighted by Crippen LogP contribution is 2.19. The lowest BCUT2D eigenvalue weighted by atomic mass is 9.98. The molecule has 0 aliphatic heterocycles. The van der Waals surface area contributed by atoms with Gasteiger partial charge in [-0.1, -0.05) is 58.0 Å². The molecule has 0 heterocycles. The molecule has 4 atom stereocenters. The Balaban J connectivity index is 3.07. The van der Waals surface area contributed by atoms with Crippen molar-refractivity contribution in [2.75, 3.05) is 0 Å². The standard InChI is InChI=1S/C27H42N3O6/c1-17(2)14-21(15-31)30(26(34)36-27(6,7)8)25(33)23(18(3)4)29-24(32)22(28)19(5)35-16-20-12-10-9-11-13-20/h9-13,17-19,21-23H,14,16,28H2,1-8H3,(H,29,32)/t19-,21+,22+,23+/m1/s1. The normalized spacial score (nSPS) is 15.1. The van der Waals surface area contributed by atoms with E-state index >= 15 is 0 Å². The maximum Gasteiger partial charge on any atom is 0.417 e. The van der Waals surface area contributed by atoms with E-state index < -0.39 is 53.7 Å². The first-order chi connectivity index (χ1) is 16.7. The number of nitrogens with two attached hydrogens (primary N) is 1. The first-order valence-corrected chi connectivity index (χ1v) is 12.3. The van der Waals surface area contributed by atoms with E-state index in [0.29, 0.717) is 0 Å². The molecule has 0 aliphatic rings. The third kappa shape index (κ3) is 10.1. The summed E-state index contributed by atoms with van der Waals surface area (Å²) in [6, 6.07) is 6.10. The van der Waals surface area contributed by atoms with Crippen LogP contribution in [0.25, 0.3) is 0 Å². The molecule has 0 fully saturated rings. The molecule has 201 valence electrons. The summed E-state index contributed by atoms with van der Waals surface area (Å²) in [6.07, 6.45) is 0.390. The molecule has 1 rings (SSSR count). The quantitative estimate of drug-likeness (QED) is 0.447. The molecule has 0 aromatic heterocycles. The molecule has 3 N–H and O–H groups in total. The average molecular weight is 505 g/mol. The van der Waals surface area contributed by atoms with Gasteiger partial charge < -0.3 is 20.5 Å². The van der Waals surface area contributed by atoms with Crippen molar-refractivity contribution in [3.05, 3.63) is 35.9 Å². The predicted molar refractivity (Wildman–Crippen MR) is 137 cm³/mol. The first kappa shape index (κ1) is 31.3. The SMILES string of the molecule is CC(C)C[C@@H]([C]=O)N(C(=O)OC(C)(C)C)C(=O)[C@@H](NC(=O)[C@@H](N)[C@@H](C)OCc1ccccc1)C(C)C. The molecule has 1 radical (unpaired) electrons. The summed E-state index contributed by atoms with van der Waals surface area (Å²) in [5, 5.41) is 2.65. The van der Waals surface area contributed by atoms with Crippen LogP contribution in [0.1, 0.15) is 67.4 Å². The maximum atomic E-state index is 13.6. The second-order valence-corrected chi connectivity index (χ2v) is 10.7. The van der Waals surface area contributed by atoms with Crippen molar-refractivity contribution in [3.8, 4) is 0 Å². The van der Waals surface area contributed by atoms with E-state index in [1.54, 1.807) is 47.8 Å². The van der Waals surface area contributed by atoms with Gasteiger partial charge in [-0.2, -0.15) is 0 Å². The van der Waals surface area contributed by atoms with Crippen molar-refractivity contribution < 1.29 is 28.7 Å². The predicted octanol–water partition coefficient (Wildman–Crippen LogP) is 3.35. The number of imide groups is 1. The Morgan fingerprint density at radius 1 is 1.06 bits per heavy atom. The largest absolute Gasteiger partial charge is 0.443 e. The number of hydrogen-bond donors (Lipinski definition) is 2. The molecule has 9 nitrogen and oxygen atoms in total. The number of nitrogens with one attached hydrogen (secondary N) is 1. The Hall–Kier alpha value is -2.78. The summed E-state index contributed by atoms with van der Waals surface area (Å²) in [6.45, 7) is 14.1. The van der Waals surface area contributed by atoms with Gasteiger partial charge in [0, 0.05) is 0 Å². The topological polar surface area (TPSA) is 128 Å². The van der Waals surface area contributed by atoms with Gasteiger partial charge in [-0.3, -0.25) is 14.4 Å². The lowest BCUT2D eigenvalue weighted by Gasteiger charge is -2.34. The van der Waals surface area contributed by atoms with Gasteiger partial charge in [0.1, 0.15) is 23.7 Å². The highest BCUT2D eigenvalue weighted by molar-refractivity contribution is 5.99. The zero-order valence-corrected chi connectivity index (χ0v) is 22.7. The summed E-state index contributed by atoms with van der Waals surface area (Å²) in [4.78, 5) is 52.1. The van der Waals surface area contributed by atoms with Gasteiger partial charge in [0.05, 0.1) is 12.7 Å². The molecule has 1 aromatic carbocycles. The van der Waals surface area contributed by atoms with Gasteiger partial charge in [-0.15, -0.1) is 0 Å². The van der Waals surface area contributed by atoms with Gasteiger partial charge in [0.25, 0.3) is 5.91 Å². The fourth-order valence-electron chi connectivity index (χ4n) is 3.37. The van der Waals surface area contributed by atoms with Crippen molar-refractivity contribution in [1.29, 1.82) is 0 Å². The molecule has 0 saturated carbocycles. The Kier molecular flexibility index (Phi) is 12.2. The Morgan fingerprint density at radius 2 is 1.64 bits per heavy atom. The van der Waals surface area contributed by atoms with Crippen LogP contribution >= 0.6 is 0 Å². The summed E-state index contributed by atoms with van der Waals surface area (Å²) >= 11 is 0. The molecule has 36 heavy (non-hydrogen) atoms. The number of amides is 3. The molecule has 9 heteroatoms. The summed E-state index contributed by atoms with van der Waals surface area (Å²) < 4.78 is 11.2. The highest BCUT2D eigenvalue weighted by atomic mass is 16.6. The fourth-order valence-corrected chi connectivity index (χ4v) is 3.37. The van der Waals surface area contributed by atoms with E-state index in [2.05, 4.69) is 5.32 Å². The molecule has 0 spiro atoms. The Morgan fingerprint density at radius 3 is 2.11 bits per heavy atom. The smallest absolute Gasteiger partial charge is 0.417 e.